The Bertz CT molecular complexity index is 3190. The quantitative estimate of drug-likeness (QED) is 0.114. The average Bonchev–Trinajstić information content (AvgIpc) is 3.56. The largest absolute Gasteiger partial charge is 0.496 e. The Morgan fingerprint density at radius 1 is 0.385 bits per heavy atom. The molecule has 12 bridgehead atoms. The van der Waals surface area contributed by atoms with Gasteiger partial charge in [-0.05, 0) is 214 Å². The van der Waals surface area contributed by atoms with Crippen LogP contribution in [0.15, 0.2) is 147 Å². The third kappa shape index (κ3) is 10.3. The van der Waals surface area contributed by atoms with E-state index in [1.54, 1.807) is 0 Å². The van der Waals surface area contributed by atoms with Gasteiger partial charge in [-0.1, -0.05) is 61.4 Å². The van der Waals surface area contributed by atoms with Gasteiger partial charge in [-0.25, -0.2) is 9.13 Å². The minimum atomic E-state index is 0.293. The summed E-state index contributed by atoms with van der Waals surface area (Å²) in [4.78, 5) is 8.47. The van der Waals surface area contributed by atoms with E-state index in [-0.39, 0.29) is 0 Å². The van der Waals surface area contributed by atoms with Crippen molar-refractivity contribution in [1.29, 1.82) is 0 Å². The molecular weight excluding hydrogens is 961 g/mol. The Labute approximate surface area is 461 Å². The van der Waals surface area contributed by atoms with Crippen molar-refractivity contribution in [3.63, 3.8) is 0 Å². The average molecular weight is 1040 g/mol. The monoisotopic (exact) mass is 1030 g/mol. The van der Waals surface area contributed by atoms with E-state index in [0.717, 1.165) is 126 Å². The molecule has 4 aromatic heterocycles. The molecule has 0 aliphatic heterocycles. The molecule has 0 N–H and O–H groups in total. The van der Waals surface area contributed by atoms with Crippen LogP contribution in [0.3, 0.4) is 0 Å². The van der Waals surface area contributed by atoms with Crippen LogP contribution in [0.5, 0.6) is 23.0 Å². The van der Waals surface area contributed by atoms with Crippen molar-refractivity contribution in [3.05, 3.63) is 213 Å². The molecule has 8 nitrogen and oxygen atoms in total. The van der Waals surface area contributed by atoms with E-state index < -0.39 is 0 Å². The Balaban J connectivity index is 0.942. The Morgan fingerprint density at radius 3 is 1.01 bits per heavy atom. The molecule has 8 aromatic rings. The lowest BCUT2D eigenvalue weighted by molar-refractivity contribution is -0.697. The molecule has 2 fully saturated rings. The molecule has 0 unspecified atom stereocenters. The molecule has 5 aliphatic carbocycles. The standard InChI is InChI=1S/C70H74N4O4/c1-75-67-55-37-47-9-5-3-7-12-50-40-58(70(65(43-50)61-15-13-59(61)63(67)41-47)78-36-34-74-31-23-54(24-32-74)52-19-27-72-28-20-52)46-56-38-48-10-6-4-8-11-49-39-57(45-55)69(66(44-49)62-16-14-60(62)64(42-48)68(56)76-2)77-35-33-73-29-21-53(22-30-73)51-17-25-71-26-18-51/h17-32,37-44,59-62H,3-16,33-36,45-46H2,1-2H3/q+2/t59-,60-,61+,62+/m0/s1. The number of fused-ring (bicyclic) bond motifs is 8. The van der Waals surface area contributed by atoms with Crippen LogP contribution in [0.4, 0.5) is 0 Å². The van der Waals surface area contributed by atoms with Gasteiger partial charge in [0.05, 0.1) is 14.2 Å². The van der Waals surface area contributed by atoms with E-state index in [0.29, 0.717) is 36.9 Å². The fraction of sp³-hybridized carbons (Fsp3) is 0.371. The van der Waals surface area contributed by atoms with Gasteiger partial charge in [0.15, 0.2) is 37.9 Å². The van der Waals surface area contributed by atoms with Crippen LogP contribution >= 0.6 is 0 Å². The van der Waals surface area contributed by atoms with Crippen LogP contribution < -0.4 is 28.1 Å². The molecule has 4 atom stereocenters. The zero-order chi connectivity index (χ0) is 52.4. The minimum absolute atomic E-state index is 0.293. The molecule has 0 amide bonds. The number of nitrogens with zero attached hydrogens (tertiary/aromatic N) is 4. The molecule has 13 rings (SSSR count). The summed E-state index contributed by atoms with van der Waals surface area (Å²) in [6.07, 6.45) is 33.3. The topological polar surface area (TPSA) is 70.5 Å². The molecule has 78 heavy (non-hydrogen) atoms. The molecule has 4 heterocycles. The SMILES string of the molecule is COc1c2cc3cc1[C@H]1CC[C@H]1c1cc(cc(c1OCC[n+]1ccc(-c4ccncc4)cc1)Cc1cc4cc(c1OC)[C@H]1CC[C@H]1c1cc(cc(c1OCC[n+]1ccc(-c5ccncc5)cc1)C2)CCCCC4)CCCCC3. The van der Waals surface area contributed by atoms with E-state index in [1.807, 2.05) is 39.0 Å². The van der Waals surface area contributed by atoms with Gasteiger partial charge in [0.25, 0.3) is 0 Å². The smallest absolute Gasteiger partial charge is 0.182 e. The minimum Gasteiger partial charge on any atom is -0.496 e. The molecule has 0 spiro atoms. The Hall–Kier alpha value is -7.32. The van der Waals surface area contributed by atoms with Crippen molar-refractivity contribution in [2.24, 2.45) is 0 Å². The van der Waals surface area contributed by atoms with E-state index in [9.17, 15) is 0 Å². The lowest BCUT2D eigenvalue weighted by atomic mass is 9.64. The predicted molar refractivity (Wildman–Crippen MR) is 307 cm³/mol. The molecule has 2 saturated carbocycles. The first-order valence-electron chi connectivity index (χ1n) is 29.3. The molecule has 0 radical (unpaired) electrons. The fourth-order valence-electron chi connectivity index (χ4n) is 13.9. The molecule has 396 valence electrons. The number of methoxy groups -OCH3 is 2. The molecular formula is C70H74N4O4+2. The number of hydrogen-bond acceptors (Lipinski definition) is 6. The normalized spacial score (nSPS) is 19.3. The van der Waals surface area contributed by atoms with Gasteiger partial charge >= 0.3 is 0 Å². The first-order chi connectivity index (χ1) is 38.5. The Morgan fingerprint density at radius 2 is 0.692 bits per heavy atom. The lowest BCUT2D eigenvalue weighted by Gasteiger charge is -2.41. The summed E-state index contributed by atoms with van der Waals surface area (Å²) < 4.78 is 32.7. The molecule has 5 aliphatic rings. The summed E-state index contributed by atoms with van der Waals surface area (Å²) in [5, 5.41) is 0. The van der Waals surface area contributed by atoms with Crippen molar-refractivity contribution < 1.29 is 28.1 Å². The summed E-state index contributed by atoms with van der Waals surface area (Å²) in [5.74, 6) is 5.43. The molecule has 4 aromatic carbocycles. The fourth-order valence-corrected chi connectivity index (χ4v) is 13.9. The summed E-state index contributed by atoms with van der Waals surface area (Å²) in [6.45, 7) is 2.60. The van der Waals surface area contributed by atoms with Gasteiger partial charge in [0, 0.05) is 61.9 Å². The lowest BCUT2D eigenvalue weighted by Crippen LogP contribution is -2.36. The first-order valence-corrected chi connectivity index (χ1v) is 29.3. The number of hydrogen-bond donors (Lipinski definition) is 0. The van der Waals surface area contributed by atoms with E-state index in [4.69, 9.17) is 18.9 Å². The number of ether oxygens (including phenoxy) is 4. The van der Waals surface area contributed by atoms with Crippen LogP contribution in [0.25, 0.3) is 22.3 Å². The Kier molecular flexibility index (Phi) is 14.5. The van der Waals surface area contributed by atoms with Crippen molar-refractivity contribution in [2.75, 3.05) is 27.4 Å². The molecule has 8 heteroatoms. The third-order valence-corrected chi connectivity index (χ3v) is 18.2. The first kappa shape index (κ1) is 50.2. The highest BCUT2D eigenvalue weighted by Gasteiger charge is 2.41. The summed E-state index contributed by atoms with van der Waals surface area (Å²) >= 11 is 0. The number of aromatic nitrogens is 4. The maximum Gasteiger partial charge on any atom is 0.182 e. The zero-order valence-corrected chi connectivity index (χ0v) is 45.7. The number of aryl methyl sites for hydroxylation is 4. The van der Waals surface area contributed by atoms with Crippen molar-refractivity contribution in [3.8, 4) is 45.3 Å². The zero-order valence-electron chi connectivity index (χ0n) is 45.7. The van der Waals surface area contributed by atoms with Crippen LogP contribution in [-0.2, 0) is 51.6 Å². The maximum atomic E-state index is 7.35. The van der Waals surface area contributed by atoms with Gasteiger partial charge in [-0.2, -0.15) is 0 Å². The number of benzene rings is 4. The second kappa shape index (κ2) is 22.6. The van der Waals surface area contributed by atoms with Crippen molar-refractivity contribution in [1.82, 2.24) is 9.97 Å². The van der Waals surface area contributed by atoms with E-state index in [2.05, 4.69) is 141 Å². The van der Waals surface area contributed by atoms with Crippen LogP contribution in [0.2, 0.25) is 0 Å². The maximum absolute atomic E-state index is 7.35. The molecule has 0 saturated heterocycles. The summed E-state index contributed by atoms with van der Waals surface area (Å²) in [5.41, 5.74) is 21.0. The second-order valence-electron chi connectivity index (χ2n) is 23.0. The van der Waals surface area contributed by atoms with Crippen LogP contribution in [-0.4, -0.2) is 37.4 Å². The second-order valence-corrected chi connectivity index (χ2v) is 23.0. The van der Waals surface area contributed by atoms with E-state index in [1.165, 1.54) is 102 Å². The van der Waals surface area contributed by atoms with Crippen molar-refractivity contribution in [2.45, 2.75) is 139 Å². The van der Waals surface area contributed by atoms with Gasteiger partial charge < -0.3 is 18.9 Å². The van der Waals surface area contributed by atoms with Gasteiger partial charge in [0.2, 0.25) is 0 Å². The highest BCUT2D eigenvalue weighted by atomic mass is 16.5. The third-order valence-electron chi connectivity index (χ3n) is 18.2. The van der Waals surface area contributed by atoms with Gasteiger partial charge in [0.1, 0.15) is 36.2 Å². The summed E-state index contributed by atoms with van der Waals surface area (Å²) in [7, 11) is 3.83. The van der Waals surface area contributed by atoms with Crippen LogP contribution in [0.1, 0.15) is 155 Å². The van der Waals surface area contributed by atoms with Crippen molar-refractivity contribution >= 4 is 0 Å². The summed E-state index contributed by atoms with van der Waals surface area (Å²) in [6, 6.07) is 37.3. The highest BCUT2D eigenvalue weighted by Crippen LogP contribution is 2.58. The van der Waals surface area contributed by atoms with E-state index >= 15 is 0 Å². The number of pyridine rings is 4. The predicted octanol–water partition coefficient (Wildman–Crippen LogP) is 13.9. The number of rotatable bonds is 12. The van der Waals surface area contributed by atoms with Crippen LogP contribution in [0, 0.1) is 0 Å². The van der Waals surface area contributed by atoms with Gasteiger partial charge in [-0.3, -0.25) is 9.97 Å². The highest BCUT2D eigenvalue weighted by molar-refractivity contribution is 5.63. The van der Waals surface area contributed by atoms with Gasteiger partial charge in [-0.15, -0.1) is 0 Å².